The molecule has 0 aliphatic heterocycles. The van der Waals surface area contributed by atoms with Crippen LogP contribution >= 0.6 is 0 Å². The normalized spacial score (nSPS) is 53.6. The first-order valence-electron chi connectivity index (χ1n) is 25.2. The highest BCUT2D eigenvalue weighted by Gasteiger charge is 2.50. The van der Waals surface area contributed by atoms with Crippen molar-refractivity contribution in [3.8, 4) is 0 Å². The van der Waals surface area contributed by atoms with Gasteiger partial charge in [-0.1, -0.05) is 122 Å². The highest BCUT2D eigenvalue weighted by molar-refractivity contribution is 5.00. The van der Waals surface area contributed by atoms with Crippen molar-refractivity contribution in [3.05, 3.63) is 0 Å². The molecule has 0 amide bonds. The third-order valence-corrected chi connectivity index (χ3v) is 21.0. The van der Waals surface area contributed by atoms with Crippen LogP contribution in [0.3, 0.4) is 0 Å². The molecule has 0 saturated heterocycles. The molecule has 12 aliphatic rings. The maximum absolute atomic E-state index is 1.64. The minimum Gasteiger partial charge on any atom is -0.0533 e. The van der Waals surface area contributed by atoms with E-state index in [1.807, 2.05) is 0 Å². The molecule has 12 aliphatic carbocycles. The molecule has 12 fully saturated rings. The van der Waals surface area contributed by atoms with Crippen molar-refractivity contribution in [1.82, 2.24) is 0 Å². The van der Waals surface area contributed by atoms with Crippen LogP contribution in [0, 0.1) is 107 Å². The molecule has 0 N–H and O–H groups in total. The average Bonchev–Trinajstić information content (AvgIpc) is 3.98. The molecule has 0 bridgehead atoms. The summed E-state index contributed by atoms with van der Waals surface area (Å²) in [6.07, 6.45) is 52.6. The van der Waals surface area contributed by atoms with Gasteiger partial charge < -0.3 is 0 Å². The summed E-state index contributed by atoms with van der Waals surface area (Å²) < 4.78 is 0. The minimum absolute atomic E-state index is 1.14. The third-order valence-electron chi connectivity index (χ3n) is 21.0. The molecule has 0 heterocycles. The third kappa shape index (κ3) is 7.37. The first-order chi connectivity index (χ1) is 25.2. The highest BCUT2D eigenvalue weighted by atomic mass is 14.5. The van der Waals surface area contributed by atoms with E-state index >= 15 is 0 Å². The van der Waals surface area contributed by atoms with E-state index in [1.54, 1.807) is 205 Å². The van der Waals surface area contributed by atoms with E-state index in [0.29, 0.717) is 0 Å². The zero-order valence-corrected chi connectivity index (χ0v) is 33.7. The molecule has 0 spiro atoms. The van der Waals surface area contributed by atoms with E-state index < -0.39 is 0 Å². The minimum atomic E-state index is 1.14. The molecule has 16 unspecified atom stereocenters. The number of fused-ring (bicyclic) bond motifs is 11. The van der Waals surface area contributed by atoms with Crippen LogP contribution in [-0.4, -0.2) is 0 Å². The first kappa shape index (κ1) is 35.4. The second kappa shape index (κ2) is 15.9. The Balaban J connectivity index is 0.0000000967. The molecule has 0 radical (unpaired) electrons. The zero-order valence-electron chi connectivity index (χ0n) is 33.7. The van der Waals surface area contributed by atoms with Crippen LogP contribution in [0.4, 0.5) is 0 Å². The van der Waals surface area contributed by atoms with Gasteiger partial charge in [-0.3, -0.25) is 0 Å². The summed E-state index contributed by atoms with van der Waals surface area (Å²) >= 11 is 0. The fraction of sp³-hybridized carbons (Fsp3) is 1.00. The van der Waals surface area contributed by atoms with Crippen molar-refractivity contribution in [2.24, 2.45) is 107 Å². The second-order valence-corrected chi connectivity index (χ2v) is 23.0. The van der Waals surface area contributed by atoms with Crippen molar-refractivity contribution in [1.29, 1.82) is 0 Å². The lowest BCUT2D eigenvalue weighted by Crippen LogP contribution is -2.40. The standard InChI is InChI=1S/C19H32.2C16H26/c1-2-6-14-10-18-12-16-8-4-5-9-17(16)13-19(18)11-15(14)7-3-1;1-3-11-7-9-16-14-6-2-4-12(14)8-10-15(16)13(11)5-1;1-3-11-7-15-9-13-5-2-6-14(13)10-16(15)8-12(11)4-1/h14-19H,1-13H2;2*11-16H,1-10H2. The fourth-order valence-electron chi connectivity index (χ4n) is 18.8. The lowest BCUT2D eigenvalue weighted by atomic mass is 9.56. The second-order valence-electron chi connectivity index (χ2n) is 23.0. The molecule has 51 heavy (non-hydrogen) atoms. The largest absolute Gasteiger partial charge is 0.0533 e. The number of rotatable bonds is 0. The molecule has 16 atom stereocenters. The van der Waals surface area contributed by atoms with Gasteiger partial charge in [-0.25, -0.2) is 0 Å². The van der Waals surface area contributed by atoms with Gasteiger partial charge >= 0.3 is 0 Å². The van der Waals surface area contributed by atoms with Gasteiger partial charge in [0.15, 0.2) is 0 Å². The van der Waals surface area contributed by atoms with Gasteiger partial charge in [0.05, 0.1) is 0 Å². The van der Waals surface area contributed by atoms with E-state index in [-0.39, 0.29) is 0 Å². The maximum atomic E-state index is 1.64. The van der Waals surface area contributed by atoms with Crippen molar-refractivity contribution in [2.75, 3.05) is 0 Å². The van der Waals surface area contributed by atoms with Crippen molar-refractivity contribution in [2.45, 2.75) is 212 Å². The predicted octanol–water partition coefficient (Wildman–Crippen LogP) is 15.1. The Kier molecular flexibility index (Phi) is 11.0. The molecule has 0 heteroatoms. The molecular formula is C51H84. The summed E-state index contributed by atoms with van der Waals surface area (Å²) in [5, 5.41) is 0. The van der Waals surface area contributed by atoms with E-state index in [1.165, 1.54) is 77.4 Å². The van der Waals surface area contributed by atoms with Gasteiger partial charge in [0.2, 0.25) is 0 Å². The molecule has 0 aromatic rings. The van der Waals surface area contributed by atoms with Gasteiger partial charge in [-0.05, 0) is 196 Å². The van der Waals surface area contributed by atoms with E-state index in [2.05, 4.69) is 0 Å². The van der Waals surface area contributed by atoms with Crippen LogP contribution in [0.2, 0.25) is 0 Å². The van der Waals surface area contributed by atoms with Crippen LogP contribution in [-0.2, 0) is 0 Å². The molecule has 0 aromatic carbocycles. The topological polar surface area (TPSA) is 0 Å². The van der Waals surface area contributed by atoms with Crippen molar-refractivity contribution < 1.29 is 0 Å². The number of hydrogen-bond acceptors (Lipinski definition) is 0. The first-order valence-corrected chi connectivity index (χ1v) is 25.2. The van der Waals surface area contributed by atoms with Crippen LogP contribution in [0.15, 0.2) is 0 Å². The van der Waals surface area contributed by atoms with Crippen LogP contribution in [0.5, 0.6) is 0 Å². The Hall–Kier alpha value is 0. The smallest absolute Gasteiger partial charge is 0.0352 e. The SMILES string of the molecule is C1CC2CC3CC4CCCC4CC3CC2C1.C1CC2CCC3C4CCCC4CCC3C2C1.C1CCC2CC3CC4CCCCC4CC3CC2CC1. The van der Waals surface area contributed by atoms with Crippen LogP contribution in [0.1, 0.15) is 212 Å². The molecule has 0 nitrogen and oxygen atoms in total. The monoisotopic (exact) mass is 697 g/mol. The predicted molar refractivity (Wildman–Crippen MR) is 215 cm³/mol. The Labute approximate surface area is 317 Å². The Bertz CT molecular complexity index is 1010. The Morgan fingerprint density at radius 2 is 0.392 bits per heavy atom. The molecule has 12 rings (SSSR count). The van der Waals surface area contributed by atoms with Gasteiger partial charge in [0.25, 0.3) is 0 Å². The highest BCUT2D eigenvalue weighted by Crippen LogP contribution is 2.59. The summed E-state index contributed by atoms with van der Waals surface area (Å²) in [5.41, 5.74) is 0. The molecule has 288 valence electrons. The summed E-state index contributed by atoms with van der Waals surface area (Å²) in [6, 6.07) is 0. The summed E-state index contributed by atoms with van der Waals surface area (Å²) in [5.74, 6) is 20.9. The fourth-order valence-corrected chi connectivity index (χ4v) is 18.8. The molecule has 12 saturated carbocycles. The van der Waals surface area contributed by atoms with Gasteiger partial charge in [-0.2, -0.15) is 0 Å². The summed E-state index contributed by atoms with van der Waals surface area (Å²) in [4.78, 5) is 0. The lowest BCUT2D eigenvalue weighted by molar-refractivity contribution is 0.00743. The Morgan fingerprint density at radius 3 is 0.725 bits per heavy atom. The van der Waals surface area contributed by atoms with Gasteiger partial charge in [-0.15, -0.1) is 0 Å². The van der Waals surface area contributed by atoms with Crippen molar-refractivity contribution >= 4 is 0 Å². The summed E-state index contributed by atoms with van der Waals surface area (Å²) in [7, 11) is 0. The van der Waals surface area contributed by atoms with Gasteiger partial charge in [0, 0.05) is 0 Å². The van der Waals surface area contributed by atoms with Crippen LogP contribution < -0.4 is 0 Å². The molecular weight excluding hydrogens is 613 g/mol. The molecule has 0 aromatic heterocycles. The Morgan fingerprint density at radius 1 is 0.137 bits per heavy atom. The average molecular weight is 697 g/mol. The zero-order chi connectivity index (χ0) is 33.7. The van der Waals surface area contributed by atoms with E-state index in [9.17, 15) is 0 Å². The van der Waals surface area contributed by atoms with E-state index in [4.69, 9.17) is 0 Å². The maximum Gasteiger partial charge on any atom is -0.0352 e. The van der Waals surface area contributed by atoms with Gasteiger partial charge in [0.1, 0.15) is 0 Å². The van der Waals surface area contributed by atoms with Crippen LogP contribution in [0.25, 0.3) is 0 Å². The summed E-state index contributed by atoms with van der Waals surface area (Å²) in [6.45, 7) is 0. The van der Waals surface area contributed by atoms with E-state index in [0.717, 1.165) is 35.5 Å². The van der Waals surface area contributed by atoms with Crippen molar-refractivity contribution in [3.63, 3.8) is 0 Å². The quantitative estimate of drug-likeness (QED) is 0.236. The lowest BCUT2D eigenvalue weighted by Gasteiger charge is -2.50. The number of hydrogen-bond donors (Lipinski definition) is 0.